The maximum absolute atomic E-state index is 2.51. The first-order valence-corrected chi connectivity index (χ1v) is 24.6. The lowest BCUT2D eigenvalue weighted by Crippen LogP contribution is -2.10. The summed E-state index contributed by atoms with van der Waals surface area (Å²) in [5, 5.41) is 12.9. The van der Waals surface area contributed by atoms with Gasteiger partial charge in [0.1, 0.15) is 0 Å². The van der Waals surface area contributed by atoms with E-state index in [0.29, 0.717) is 11.8 Å². The summed E-state index contributed by atoms with van der Waals surface area (Å²) in [7, 11) is 0. The van der Waals surface area contributed by atoms with Crippen LogP contribution in [0.1, 0.15) is 29.4 Å². The van der Waals surface area contributed by atoms with Gasteiger partial charge < -0.3 is 14.0 Å². The largest absolute Gasteiger partial charge is 0.310 e. The standard InChI is InChI=1S/C67H45N3/c1-4-16-43(17-5-1)46-32-37-65-60(40-46)55-24-12-15-27-63(55)70(65)51-39-47(38-50(41-51)69-61-25-13-10-22-53(61)54-23-11-14-26-62(54)69)58-42-59(58)52-33-28-44-30-35-57-64(36-31-45-29-34-56(52)66(44)67(45)57)68(48-18-6-2-7-19-48)49-20-8-3-9-21-49/h1-41,58-59H,42H2. The molecule has 1 aliphatic carbocycles. The van der Waals surface area contributed by atoms with Crippen LogP contribution in [0.3, 0.4) is 0 Å². The number of fused-ring (bicyclic) bond motifs is 6. The van der Waals surface area contributed by atoms with Crippen molar-refractivity contribution in [1.29, 1.82) is 0 Å². The van der Waals surface area contributed by atoms with Crippen LogP contribution in [0, 0.1) is 0 Å². The summed E-state index contributed by atoms with van der Waals surface area (Å²) in [6, 6.07) is 92.3. The molecule has 70 heavy (non-hydrogen) atoms. The normalized spacial score (nSPS) is 14.8. The molecule has 0 radical (unpaired) electrons. The molecule has 3 nitrogen and oxygen atoms in total. The van der Waals surface area contributed by atoms with Gasteiger partial charge in [-0.1, -0.05) is 170 Å². The third-order valence-corrected chi connectivity index (χ3v) is 15.4. The molecule has 2 atom stereocenters. The number of para-hydroxylation sites is 5. The van der Waals surface area contributed by atoms with E-state index in [1.165, 1.54) is 115 Å². The molecule has 0 aliphatic heterocycles. The zero-order chi connectivity index (χ0) is 45.9. The Hall–Kier alpha value is -8.92. The minimum atomic E-state index is 0.352. The highest BCUT2D eigenvalue weighted by Gasteiger charge is 2.41. The summed E-state index contributed by atoms with van der Waals surface area (Å²) < 4.78 is 5.01. The van der Waals surface area contributed by atoms with Crippen molar-refractivity contribution in [2.24, 2.45) is 0 Å². The Morgan fingerprint density at radius 2 is 0.814 bits per heavy atom. The summed E-state index contributed by atoms with van der Waals surface area (Å²) >= 11 is 0. The highest BCUT2D eigenvalue weighted by Crippen LogP contribution is 2.58. The predicted octanol–water partition coefficient (Wildman–Crippen LogP) is 18.2. The first-order chi connectivity index (χ1) is 34.7. The molecule has 2 aromatic heterocycles. The highest BCUT2D eigenvalue weighted by atomic mass is 15.1. The van der Waals surface area contributed by atoms with E-state index in [0.717, 1.165) is 17.8 Å². The van der Waals surface area contributed by atoms with Crippen molar-refractivity contribution in [3.63, 3.8) is 0 Å². The minimum Gasteiger partial charge on any atom is -0.310 e. The summed E-state index contributed by atoms with van der Waals surface area (Å²) in [5.74, 6) is 0.729. The van der Waals surface area contributed by atoms with E-state index >= 15 is 0 Å². The molecule has 14 aromatic rings. The maximum Gasteiger partial charge on any atom is 0.0541 e. The smallest absolute Gasteiger partial charge is 0.0541 e. The molecule has 0 amide bonds. The van der Waals surface area contributed by atoms with Crippen molar-refractivity contribution in [3.05, 3.63) is 260 Å². The fourth-order valence-electron chi connectivity index (χ4n) is 12.2. The Morgan fingerprint density at radius 1 is 0.329 bits per heavy atom. The van der Waals surface area contributed by atoms with Gasteiger partial charge in [0, 0.05) is 49.7 Å². The van der Waals surface area contributed by atoms with E-state index in [-0.39, 0.29) is 0 Å². The van der Waals surface area contributed by atoms with E-state index in [9.17, 15) is 0 Å². The number of benzene rings is 12. The molecule has 328 valence electrons. The number of nitrogens with zero attached hydrogens (tertiary/aromatic N) is 3. The van der Waals surface area contributed by atoms with Crippen molar-refractivity contribution < 1.29 is 0 Å². The van der Waals surface area contributed by atoms with Crippen molar-refractivity contribution >= 4 is 93.0 Å². The fraction of sp³-hybridized carbons (Fsp3) is 0.0448. The fourth-order valence-corrected chi connectivity index (χ4v) is 12.2. The number of hydrogen-bond acceptors (Lipinski definition) is 1. The van der Waals surface area contributed by atoms with Crippen LogP contribution in [0.4, 0.5) is 17.1 Å². The van der Waals surface area contributed by atoms with Crippen LogP contribution < -0.4 is 4.90 Å². The zero-order valence-corrected chi connectivity index (χ0v) is 38.4. The first kappa shape index (κ1) is 39.1. The summed E-state index contributed by atoms with van der Waals surface area (Å²) in [6.07, 6.45) is 1.09. The second kappa shape index (κ2) is 15.3. The maximum atomic E-state index is 2.51. The topological polar surface area (TPSA) is 13.1 Å². The van der Waals surface area contributed by atoms with E-state index in [1.54, 1.807) is 0 Å². The Balaban J connectivity index is 0.915. The average molecular weight is 892 g/mol. The number of aromatic nitrogens is 2. The van der Waals surface area contributed by atoms with Crippen molar-refractivity contribution in [3.8, 4) is 22.5 Å². The Morgan fingerprint density at radius 3 is 1.43 bits per heavy atom. The highest BCUT2D eigenvalue weighted by molar-refractivity contribution is 6.26. The van der Waals surface area contributed by atoms with E-state index in [2.05, 4.69) is 263 Å². The van der Waals surface area contributed by atoms with Crippen LogP contribution in [-0.4, -0.2) is 9.13 Å². The monoisotopic (exact) mass is 891 g/mol. The average Bonchev–Trinajstić information content (AvgIpc) is 4.06. The Labute approximate surface area is 405 Å². The predicted molar refractivity (Wildman–Crippen MR) is 295 cm³/mol. The lowest BCUT2D eigenvalue weighted by atomic mass is 9.89. The van der Waals surface area contributed by atoms with E-state index in [4.69, 9.17) is 0 Å². The molecule has 0 N–H and O–H groups in total. The van der Waals surface area contributed by atoms with Gasteiger partial charge in [-0.15, -0.1) is 0 Å². The van der Waals surface area contributed by atoms with Crippen LogP contribution >= 0.6 is 0 Å². The molecule has 1 aliphatic rings. The number of rotatable bonds is 8. The molecular weight excluding hydrogens is 847 g/mol. The SMILES string of the molecule is c1ccc(-c2ccc3c(c2)c2ccccc2n3-c2cc(C3CC3c3ccc4ccc5c(N(c6ccccc6)c6ccccc6)ccc6ccc3c4c65)cc(-n3c4ccccc4c4ccccc43)c2)cc1. The van der Waals surface area contributed by atoms with Gasteiger partial charge >= 0.3 is 0 Å². The molecule has 3 heteroatoms. The van der Waals surface area contributed by atoms with Gasteiger partial charge in [-0.2, -0.15) is 0 Å². The lowest BCUT2D eigenvalue weighted by Gasteiger charge is -2.27. The van der Waals surface area contributed by atoms with Gasteiger partial charge in [0.25, 0.3) is 0 Å². The Kier molecular flexibility index (Phi) is 8.55. The molecule has 2 heterocycles. The molecule has 0 spiro atoms. The third-order valence-electron chi connectivity index (χ3n) is 15.4. The lowest BCUT2D eigenvalue weighted by molar-refractivity contribution is 1.02. The number of hydrogen-bond donors (Lipinski definition) is 0. The third kappa shape index (κ3) is 5.95. The second-order valence-corrected chi connectivity index (χ2v) is 19.2. The summed E-state index contributed by atoms with van der Waals surface area (Å²) in [4.78, 5) is 2.41. The minimum absolute atomic E-state index is 0.352. The van der Waals surface area contributed by atoms with Crippen molar-refractivity contribution in [2.75, 3.05) is 4.90 Å². The van der Waals surface area contributed by atoms with Crippen LogP contribution in [0.2, 0.25) is 0 Å². The van der Waals surface area contributed by atoms with Gasteiger partial charge in [-0.3, -0.25) is 0 Å². The molecule has 2 unspecified atom stereocenters. The van der Waals surface area contributed by atoms with Gasteiger partial charge in [0.15, 0.2) is 0 Å². The molecule has 0 bridgehead atoms. The van der Waals surface area contributed by atoms with Gasteiger partial charge in [0.05, 0.1) is 27.8 Å². The van der Waals surface area contributed by atoms with Gasteiger partial charge in [-0.05, 0) is 146 Å². The summed E-state index contributed by atoms with van der Waals surface area (Å²) in [5.41, 5.74) is 16.0. The van der Waals surface area contributed by atoms with Gasteiger partial charge in [0.2, 0.25) is 0 Å². The first-order valence-electron chi connectivity index (χ1n) is 24.6. The molecular formula is C67H45N3. The van der Waals surface area contributed by atoms with Crippen molar-refractivity contribution in [2.45, 2.75) is 18.3 Å². The molecule has 12 aromatic carbocycles. The van der Waals surface area contributed by atoms with E-state index < -0.39 is 0 Å². The van der Waals surface area contributed by atoms with Crippen LogP contribution in [0.25, 0.3) is 98.4 Å². The van der Waals surface area contributed by atoms with Crippen LogP contribution in [0.15, 0.2) is 249 Å². The Bertz CT molecular complexity index is 4240. The second-order valence-electron chi connectivity index (χ2n) is 19.2. The molecule has 0 saturated heterocycles. The number of anilines is 3. The van der Waals surface area contributed by atoms with E-state index in [1.807, 2.05) is 0 Å². The molecule has 15 rings (SSSR count). The molecule has 1 saturated carbocycles. The van der Waals surface area contributed by atoms with Gasteiger partial charge in [-0.25, -0.2) is 0 Å². The van der Waals surface area contributed by atoms with Crippen LogP contribution in [-0.2, 0) is 0 Å². The molecule has 1 fully saturated rings. The quantitative estimate of drug-likeness (QED) is 0.139. The summed E-state index contributed by atoms with van der Waals surface area (Å²) in [6.45, 7) is 0. The zero-order valence-electron chi connectivity index (χ0n) is 38.4. The van der Waals surface area contributed by atoms with Crippen LogP contribution in [0.5, 0.6) is 0 Å². The van der Waals surface area contributed by atoms with Crippen molar-refractivity contribution in [1.82, 2.24) is 9.13 Å².